The zero-order valence-electron chi connectivity index (χ0n) is 18.0. The first kappa shape index (κ1) is 26.1. The van der Waals surface area contributed by atoms with Gasteiger partial charge in [-0.15, -0.1) is 0 Å². The van der Waals surface area contributed by atoms with Crippen molar-refractivity contribution in [1.29, 1.82) is 0 Å². The van der Waals surface area contributed by atoms with E-state index < -0.39 is 0 Å². The molecule has 29 heavy (non-hydrogen) atoms. The van der Waals surface area contributed by atoms with E-state index in [1.165, 1.54) is 77.0 Å². The molecule has 1 aromatic carbocycles. The maximum Gasteiger partial charge on any atom is 0.344 e. The van der Waals surface area contributed by atoms with Gasteiger partial charge in [-0.05, 0) is 24.6 Å². The Balaban J connectivity index is 1.85. The van der Waals surface area contributed by atoms with Crippen LogP contribution >= 0.6 is 23.2 Å². The van der Waals surface area contributed by atoms with Crippen molar-refractivity contribution in [3.63, 3.8) is 0 Å². The molecule has 0 saturated carbocycles. The van der Waals surface area contributed by atoms with Crippen molar-refractivity contribution < 1.29 is 14.3 Å². The molecule has 0 radical (unpaired) electrons. The fraction of sp³-hybridized carbons (Fsp3) is 0.708. The van der Waals surface area contributed by atoms with Crippen molar-refractivity contribution in [1.82, 2.24) is 0 Å². The third-order valence-corrected chi connectivity index (χ3v) is 5.53. The Hall–Kier alpha value is -0.930. The molecule has 0 fully saturated rings. The van der Waals surface area contributed by atoms with E-state index >= 15 is 0 Å². The van der Waals surface area contributed by atoms with Gasteiger partial charge < -0.3 is 9.47 Å². The Morgan fingerprint density at radius 2 is 1.31 bits per heavy atom. The number of rotatable bonds is 18. The van der Waals surface area contributed by atoms with E-state index in [0.717, 1.165) is 12.8 Å². The molecule has 1 aromatic rings. The third kappa shape index (κ3) is 14.7. The largest absolute Gasteiger partial charge is 0.480 e. The summed E-state index contributed by atoms with van der Waals surface area (Å²) in [5.74, 6) is 0.0650. The molecule has 5 heteroatoms. The molecule has 3 nitrogen and oxygen atoms in total. The summed E-state index contributed by atoms with van der Waals surface area (Å²) in [6.07, 6.45) is 18.3. The quantitative estimate of drug-likeness (QED) is 0.168. The van der Waals surface area contributed by atoms with Gasteiger partial charge in [0.25, 0.3) is 0 Å². The number of esters is 1. The monoisotopic (exact) mass is 444 g/mol. The average Bonchev–Trinajstić information content (AvgIpc) is 2.70. The lowest BCUT2D eigenvalue weighted by Crippen LogP contribution is -2.15. The lowest BCUT2D eigenvalue weighted by Gasteiger charge is -2.08. The number of halogens is 2. The van der Waals surface area contributed by atoms with Crippen molar-refractivity contribution in [2.24, 2.45) is 0 Å². The highest BCUT2D eigenvalue weighted by atomic mass is 35.5. The predicted molar refractivity (Wildman–Crippen MR) is 123 cm³/mol. The van der Waals surface area contributed by atoms with Crippen LogP contribution in [0.15, 0.2) is 18.2 Å². The third-order valence-electron chi connectivity index (χ3n) is 5.00. The first-order valence-electron chi connectivity index (χ1n) is 11.4. The number of hydrogen-bond donors (Lipinski definition) is 0. The summed E-state index contributed by atoms with van der Waals surface area (Å²) in [6.45, 7) is 2.58. The van der Waals surface area contributed by atoms with Crippen LogP contribution in [0.5, 0.6) is 5.75 Å². The van der Waals surface area contributed by atoms with Crippen LogP contribution in [0, 0.1) is 0 Å². The number of carbonyl (C=O) groups excluding carboxylic acids is 1. The molecule has 0 N–H and O–H groups in total. The molecule has 0 aliphatic rings. The molecule has 0 spiro atoms. The molecule has 0 atom stereocenters. The van der Waals surface area contributed by atoms with Crippen molar-refractivity contribution in [3.05, 3.63) is 28.2 Å². The second-order valence-electron chi connectivity index (χ2n) is 7.68. The SMILES string of the molecule is CCCCCCCCCCCCCCCCOC(=O)COc1ccc(Cl)cc1Cl. The summed E-state index contributed by atoms with van der Waals surface area (Å²) in [7, 11) is 0. The lowest BCUT2D eigenvalue weighted by atomic mass is 10.0. The highest BCUT2D eigenvalue weighted by Crippen LogP contribution is 2.27. The summed E-state index contributed by atoms with van der Waals surface area (Å²) in [4.78, 5) is 11.7. The summed E-state index contributed by atoms with van der Waals surface area (Å²) in [5, 5.41) is 0.917. The lowest BCUT2D eigenvalue weighted by molar-refractivity contribution is -0.146. The zero-order valence-corrected chi connectivity index (χ0v) is 19.5. The summed E-state index contributed by atoms with van der Waals surface area (Å²) < 4.78 is 10.6. The Bertz CT molecular complexity index is 549. The van der Waals surface area contributed by atoms with E-state index in [1.807, 2.05) is 0 Å². The molecular weight excluding hydrogens is 407 g/mol. The minimum absolute atomic E-state index is 0.139. The van der Waals surface area contributed by atoms with Crippen molar-refractivity contribution in [3.8, 4) is 5.75 Å². The predicted octanol–water partition coefficient (Wildman–Crippen LogP) is 8.40. The van der Waals surface area contributed by atoms with Gasteiger partial charge in [-0.2, -0.15) is 0 Å². The minimum atomic E-state index is -0.370. The molecule has 0 aromatic heterocycles. The van der Waals surface area contributed by atoms with Crippen LogP contribution in [0.1, 0.15) is 96.8 Å². The standard InChI is InChI=1S/C24H38Cl2O3/c1-2-3-4-5-6-7-8-9-10-11-12-13-14-15-18-28-24(27)20-29-23-17-16-21(25)19-22(23)26/h16-17,19H,2-15,18,20H2,1H3. The van der Waals surface area contributed by atoms with Gasteiger partial charge >= 0.3 is 5.97 Å². The Morgan fingerprint density at radius 1 is 0.793 bits per heavy atom. The van der Waals surface area contributed by atoms with Crippen LogP contribution in [0.3, 0.4) is 0 Å². The minimum Gasteiger partial charge on any atom is -0.480 e. The first-order chi connectivity index (χ1) is 14.1. The Kier molecular flexibility index (Phi) is 16.1. The fourth-order valence-electron chi connectivity index (χ4n) is 3.25. The van der Waals surface area contributed by atoms with Crippen LogP contribution in [0.25, 0.3) is 0 Å². The van der Waals surface area contributed by atoms with E-state index in [-0.39, 0.29) is 12.6 Å². The highest BCUT2D eigenvalue weighted by molar-refractivity contribution is 6.35. The molecule has 0 amide bonds. The van der Waals surface area contributed by atoms with Crippen LogP contribution in [0.2, 0.25) is 10.0 Å². The molecule has 0 unspecified atom stereocenters. The normalized spacial score (nSPS) is 10.9. The van der Waals surface area contributed by atoms with Crippen molar-refractivity contribution in [2.45, 2.75) is 96.8 Å². The number of unbranched alkanes of at least 4 members (excludes halogenated alkanes) is 13. The van der Waals surface area contributed by atoms with E-state index in [2.05, 4.69) is 6.92 Å². The van der Waals surface area contributed by atoms with Crippen LogP contribution in [-0.2, 0) is 9.53 Å². The highest BCUT2D eigenvalue weighted by Gasteiger charge is 2.07. The van der Waals surface area contributed by atoms with E-state index in [1.54, 1.807) is 18.2 Å². The van der Waals surface area contributed by atoms with Gasteiger partial charge in [0, 0.05) is 5.02 Å². The van der Waals surface area contributed by atoms with Crippen molar-refractivity contribution >= 4 is 29.2 Å². The Morgan fingerprint density at radius 3 is 1.83 bits per heavy atom. The Labute approximate surface area is 187 Å². The van der Waals surface area contributed by atoms with Crippen LogP contribution < -0.4 is 4.74 Å². The second kappa shape index (κ2) is 17.9. The van der Waals surface area contributed by atoms with Gasteiger partial charge in [-0.25, -0.2) is 4.79 Å². The molecule has 166 valence electrons. The number of hydrogen-bond acceptors (Lipinski definition) is 3. The second-order valence-corrected chi connectivity index (χ2v) is 8.52. The summed E-state index contributed by atoms with van der Waals surface area (Å²) in [5.41, 5.74) is 0. The molecular formula is C24H38Cl2O3. The van der Waals surface area contributed by atoms with E-state index in [4.69, 9.17) is 32.7 Å². The molecule has 0 bridgehead atoms. The van der Waals surface area contributed by atoms with Gasteiger partial charge in [-0.3, -0.25) is 0 Å². The fourth-order valence-corrected chi connectivity index (χ4v) is 3.72. The summed E-state index contributed by atoms with van der Waals surface area (Å²) >= 11 is 11.8. The van der Waals surface area contributed by atoms with E-state index in [9.17, 15) is 4.79 Å². The average molecular weight is 445 g/mol. The zero-order chi connectivity index (χ0) is 21.2. The summed E-state index contributed by atoms with van der Waals surface area (Å²) in [6, 6.07) is 4.90. The number of carbonyl (C=O) groups is 1. The molecule has 0 saturated heterocycles. The van der Waals surface area contributed by atoms with Crippen LogP contribution in [0.4, 0.5) is 0 Å². The number of benzene rings is 1. The topological polar surface area (TPSA) is 35.5 Å². The van der Waals surface area contributed by atoms with Crippen LogP contribution in [-0.4, -0.2) is 19.2 Å². The van der Waals surface area contributed by atoms with Gasteiger partial charge in [0.1, 0.15) is 5.75 Å². The maximum absolute atomic E-state index is 11.7. The number of ether oxygens (including phenoxy) is 2. The molecule has 0 aliphatic carbocycles. The van der Waals surface area contributed by atoms with Gasteiger partial charge in [0.15, 0.2) is 6.61 Å². The first-order valence-corrected chi connectivity index (χ1v) is 12.1. The van der Waals surface area contributed by atoms with E-state index in [0.29, 0.717) is 22.4 Å². The smallest absolute Gasteiger partial charge is 0.344 e. The van der Waals surface area contributed by atoms with Gasteiger partial charge in [0.05, 0.1) is 11.6 Å². The molecule has 1 rings (SSSR count). The molecule has 0 heterocycles. The molecule has 0 aliphatic heterocycles. The van der Waals surface area contributed by atoms with Gasteiger partial charge in [-0.1, -0.05) is 114 Å². The van der Waals surface area contributed by atoms with Gasteiger partial charge in [0.2, 0.25) is 0 Å². The maximum atomic E-state index is 11.7. The van der Waals surface area contributed by atoms with Crippen molar-refractivity contribution in [2.75, 3.05) is 13.2 Å².